The molecule has 0 spiro atoms. The number of rotatable bonds is 10. The first kappa shape index (κ1) is 26.1. The third-order valence-electron chi connectivity index (χ3n) is 5.78. The van der Waals surface area contributed by atoms with Gasteiger partial charge in [0.05, 0.1) is 5.56 Å². The predicted molar refractivity (Wildman–Crippen MR) is 135 cm³/mol. The molecule has 0 radical (unpaired) electrons. The summed E-state index contributed by atoms with van der Waals surface area (Å²) in [7, 11) is -2.32. The lowest BCUT2D eigenvalue weighted by Crippen LogP contribution is -2.45. The third kappa shape index (κ3) is 6.93. The maximum atomic E-state index is 13.2. The molecule has 1 aromatic heterocycles. The van der Waals surface area contributed by atoms with Crippen molar-refractivity contribution in [2.24, 2.45) is 0 Å². The second-order valence-electron chi connectivity index (χ2n) is 9.32. The van der Waals surface area contributed by atoms with Crippen LogP contribution in [0.15, 0.2) is 83.1 Å². The van der Waals surface area contributed by atoms with Crippen LogP contribution in [0.1, 0.15) is 55.0 Å². The summed E-state index contributed by atoms with van der Waals surface area (Å²) in [4.78, 5) is 25.5. The van der Waals surface area contributed by atoms with E-state index in [4.69, 9.17) is 13.6 Å². The van der Waals surface area contributed by atoms with Crippen molar-refractivity contribution in [3.05, 3.63) is 101 Å². The first-order valence-corrected chi connectivity index (χ1v) is 13.9. The van der Waals surface area contributed by atoms with Gasteiger partial charge >= 0.3 is 5.97 Å². The Morgan fingerprint density at radius 3 is 2.42 bits per heavy atom. The average Bonchev–Trinajstić information content (AvgIpc) is 2.76. The highest BCUT2D eigenvalue weighted by Crippen LogP contribution is 2.39. The van der Waals surface area contributed by atoms with Crippen LogP contribution in [0.4, 0.5) is 0 Å². The van der Waals surface area contributed by atoms with Crippen molar-refractivity contribution in [2.45, 2.75) is 57.8 Å². The van der Waals surface area contributed by atoms with Crippen molar-refractivity contribution < 1.29 is 18.4 Å². The molecule has 2 aromatic rings. The summed E-state index contributed by atoms with van der Waals surface area (Å²) >= 11 is 0. The number of allylic oxidation sites excluding steroid dienone is 4. The van der Waals surface area contributed by atoms with Crippen LogP contribution in [-0.4, -0.2) is 14.3 Å². The molecule has 1 unspecified atom stereocenters. The Morgan fingerprint density at radius 1 is 1.18 bits per heavy atom. The van der Waals surface area contributed by atoms with Gasteiger partial charge in [0.2, 0.25) is 5.43 Å². The quantitative estimate of drug-likeness (QED) is 0.167. The second kappa shape index (κ2) is 11.1. The van der Waals surface area contributed by atoms with Gasteiger partial charge in [-0.3, -0.25) is 4.79 Å². The molecule has 5 nitrogen and oxygen atoms in total. The minimum Gasteiger partial charge on any atom is -0.539 e. The van der Waals surface area contributed by atoms with Gasteiger partial charge < -0.3 is 13.6 Å². The van der Waals surface area contributed by atoms with Crippen LogP contribution in [-0.2, 0) is 11.3 Å². The lowest BCUT2D eigenvalue weighted by molar-refractivity contribution is 0.0440. The summed E-state index contributed by atoms with van der Waals surface area (Å²) in [6.45, 7) is 17.9. The summed E-state index contributed by atoms with van der Waals surface area (Å²) in [5.41, 5.74) is 0.128. The van der Waals surface area contributed by atoms with Crippen molar-refractivity contribution in [1.82, 2.24) is 0 Å². The van der Waals surface area contributed by atoms with E-state index in [0.29, 0.717) is 17.7 Å². The molecule has 0 aliphatic heterocycles. The normalized spacial score (nSPS) is 12.9. The van der Waals surface area contributed by atoms with Crippen LogP contribution < -0.4 is 9.85 Å². The highest BCUT2D eigenvalue weighted by molar-refractivity contribution is 6.74. The number of hydrogen-bond acceptors (Lipinski definition) is 5. The Bertz CT molecular complexity index is 1060. The Kier molecular flexibility index (Phi) is 8.82. The van der Waals surface area contributed by atoms with E-state index in [1.54, 1.807) is 36.4 Å². The first-order valence-electron chi connectivity index (χ1n) is 11.0. The smallest absolute Gasteiger partial charge is 0.338 e. The molecule has 0 N–H and O–H groups in total. The van der Waals surface area contributed by atoms with Gasteiger partial charge in [0.15, 0.2) is 11.5 Å². The van der Waals surface area contributed by atoms with E-state index in [1.807, 2.05) is 18.2 Å². The van der Waals surface area contributed by atoms with E-state index in [-0.39, 0.29) is 34.5 Å². The van der Waals surface area contributed by atoms with Crippen LogP contribution >= 0.6 is 0 Å². The minimum atomic E-state index is -2.32. The Labute approximate surface area is 197 Å². The topological polar surface area (TPSA) is 65.7 Å². The molecule has 33 heavy (non-hydrogen) atoms. The van der Waals surface area contributed by atoms with Crippen molar-refractivity contribution in [1.29, 1.82) is 0 Å². The molecule has 0 bridgehead atoms. The Balaban J connectivity index is 2.44. The summed E-state index contributed by atoms with van der Waals surface area (Å²) in [6, 6.07) is 10.0. The van der Waals surface area contributed by atoms with Gasteiger partial charge in [0, 0.05) is 12.0 Å². The fourth-order valence-corrected chi connectivity index (χ4v) is 3.82. The van der Waals surface area contributed by atoms with Gasteiger partial charge in [-0.25, -0.2) is 4.79 Å². The fourth-order valence-electron chi connectivity index (χ4n) is 2.80. The van der Waals surface area contributed by atoms with Crippen molar-refractivity contribution >= 4 is 14.3 Å². The molecule has 1 atom stereocenters. The zero-order valence-electron chi connectivity index (χ0n) is 20.2. The van der Waals surface area contributed by atoms with Crippen LogP contribution in [0.2, 0.25) is 18.1 Å². The lowest BCUT2D eigenvalue weighted by atomic mass is 10.0. The van der Waals surface area contributed by atoms with Gasteiger partial charge in [0.1, 0.15) is 12.4 Å². The molecular formula is C27H34O5Si. The van der Waals surface area contributed by atoms with E-state index in [9.17, 15) is 9.59 Å². The zero-order chi connectivity index (χ0) is 24.6. The fraction of sp³-hybridized carbons (Fsp3) is 0.333. The molecule has 176 valence electrons. The SMILES string of the molecule is C=C/C=C/CC(C=C)c1oc(COC(=O)c2ccccc2)cc(=O)c1O[Si](C)(C)C(C)(C)C. The molecule has 1 heterocycles. The van der Waals surface area contributed by atoms with E-state index in [2.05, 4.69) is 47.0 Å². The molecule has 1 aromatic carbocycles. The second-order valence-corrected chi connectivity index (χ2v) is 14.0. The number of esters is 1. The molecule has 0 fully saturated rings. The monoisotopic (exact) mass is 466 g/mol. The molecular weight excluding hydrogens is 432 g/mol. The maximum absolute atomic E-state index is 13.2. The van der Waals surface area contributed by atoms with Crippen LogP contribution in [0, 0.1) is 0 Å². The van der Waals surface area contributed by atoms with Crippen molar-refractivity contribution in [3.63, 3.8) is 0 Å². The average molecular weight is 467 g/mol. The van der Waals surface area contributed by atoms with Gasteiger partial charge in [0.25, 0.3) is 8.32 Å². The van der Waals surface area contributed by atoms with Gasteiger partial charge in [-0.05, 0) is 36.7 Å². The molecule has 0 amide bonds. The van der Waals surface area contributed by atoms with Crippen LogP contribution in [0.5, 0.6) is 5.75 Å². The van der Waals surface area contributed by atoms with Crippen molar-refractivity contribution in [2.75, 3.05) is 0 Å². The van der Waals surface area contributed by atoms with Gasteiger partial charge in [-0.2, -0.15) is 0 Å². The number of ether oxygens (including phenoxy) is 1. The maximum Gasteiger partial charge on any atom is 0.338 e. The number of benzene rings is 1. The third-order valence-corrected chi connectivity index (χ3v) is 10.1. The summed E-state index contributed by atoms with van der Waals surface area (Å²) in [5.74, 6) is 0.0638. The minimum absolute atomic E-state index is 0.104. The molecule has 0 aliphatic carbocycles. The number of carbonyl (C=O) groups excluding carboxylic acids is 1. The lowest BCUT2D eigenvalue weighted by Gasteiger charge is -2.36. The number of carbonyl (C=O) groups is 1. The van der Waals surface area contributed by atoms with E-state index >= 15 is 0 Å². The van der Waals surface area contributed by atoms with Gasteiger partial charge in [-0.15, -0.1) is 6.58 Å². The van der Waals surface area contributed by atoms with Gasteiger partial charge in [-0.1, -0.05) is 69.9 Å². The molecule has 2 rings (SSSR count). The Morgan fingerprint density at radius 2 is 1.85 bits per heavy atom. The molecule has 0 aliphatic rings. The highest BCUT2D eigenvalue weighted by Gasteiger charge is 2.40. The molecule has 6 heteroatoms. The highest BCUT2D eigenvalue weighted by atomic mass is 28.4. The van der Waals surface area contributed by atoms with E-state index < -0.39 is 14.3 Å². The standard InChI is InChI=1S/C27H34O5Si/c1-8-10-12-15-20(9-2)24-25(32-33(6,7)27(3,4)5)23(28)18-22(31-24)19-30-26(29)21-16-13-11-14-17-21/h8-14,16-18,20H,1-2,15,19H2,3-7H3/b12-10+. The summed E-state index contributed by atoms with van der Waals surface area (Å²) in [5, 5.41) is -0.104. The van der Waals surface area contributed by atoms with E-state index in [1.165, 1.54) is 6.07 Å². The largest absolute Gasteiger partial charge is 0.539 e. The molecule has 0 saturated heterocycles. The van der Waals surface area contributed by atoms with Crippen LogP contribution in [0.25, 0.3) is 0 Å². The zero-order valence-corrected chi connectivity index (χ0v) is 21.2. The van der Waals surface area contributed by atoms with Crippen LogP contribution in [0.3, 0.4) is 0 Å². The summed E-state index contributed by atoms with van der Waals surface area (Å²) in [6.07, 6.45) is 7.72. The Hall–Kier alpha value is -3.12. The first-order chi connectivity index (χ1) is 15.5. The predicted octanol–water partition coefficient (Wildman–Crippen LogP) is 6.78. The molecule has 0 saturated carbocycles. The summed E-state index contributed by atoms with van der Waals surface area (Å²) < 4.78 is 17.9. The van der Waals surface area contributed by atoms with Crippen molar-refractivity contribution in [3.8, 4) is 5.75 Å². The van der Waals surface area contributed by atoms with E-state index in [0.717, 1.165) is 0 Å². The number of hydrogen-bond donors (Lipinski definition) is 0.